The summed E-state index contributed by atoms with van der Waals surface area (Å²) < 4.78 is 1.81. The first-order valence-corrected chi connectivity index (χ1v) is 2.77. The van der Waals surface area contributed by atoms with Gasteiger partial charge < -0.3 is 4.57 Å². The lowest BCUT2D eigenvalue weighted by Crippen LogP contribution is -1.86. The van der Waals surface area contributed by atoms with Crippen LogP contribution in [0.5, 0.6) is 0 Å². The average molecular weight is 120 g/mol. The molecule has 0 spiro atoms. The van der Waals surface area contributed by atoms with Crippen molar-refractivity contribution >= 4 is 0 Å². The highest BCUT2D eigenvalue weighted by molar-refractivity contribution is 5.27. The predicted molar refractivity (Wildman–Crippen MR) is 34.9 cm³/mol. The van der Waals surface area contributed by atoms with Crippen molar-refractivity contribution in [3.05, 3.63) is 23.5 Å². The second-order valence-corrected chi connectivity index (χ2v) is 2.13. The normalized spacial score (nSPS) is 9.00. The maximum Gasteiger partial charge on any atom is 0.120 e. The molecule has 0 radical (unpaired) electrons. The predicted octanol–water partition coefficient (Wildman–Crippen LogP) is 1.21. The van der Waals surface area contributed by atoms with E-state index in [0.717, 1.165) is 5.56 Å². The fourth-order valence-electron chi connectivity index (χ4n) is 0.841. The van der Waals surface area contributed by atoms with Crippen LogP contribution in [0.1, 0.15) is 11.3 Å². The lowest BCUT2D eigenvalue weighted by molar-refractivity contribution is 0.906. The summed E-state index contributed by atoms with van der Waals surface area (Å²) in [5.74, 6) is 0. The number of hydrogen-bond donors (Lipinski definition) is 0. The van der Waals surface area contributed by atoms with Gasteiger partial charge in [0.15, 0.2) is 0 Å². The van der Waals surface area contributed by atoms with Crippen LogP contribution in [0.15, 0.2) is 12.3 Å². The standard InChI is InChI=1S/C7H8N2/c1-6-3-7(4-8)9(2)5-6/h3,5H,1-2H3. The molecule has 0 aliphatic carbocycles. The minimum Gasteiger partial charge on any atom is -0.342 e. The molecular weight excluding hydrogens is 112 g/mol. The zero-order valence-electron chi connectivity index (χ0n) is 5.55. The Hall–Kier alpha value is -1.23. The third kappa shape index (κ3) is 0.945. The highest BCUT2D eigenvalue weighted by atomic mass is 14.9. The third-order valence-corrected chi connectivity index (χ3v) is 1.26. The molecular formula is C7H8N2. The topological polar surface area (TPSA) is 28.7 Å². The monoisotopic (exact) mass is 120 g/mol. The average Bonchev–Trinajstić information content (AvgIpc) is 2.10. The Balaban J connectivity index is 3.20. The summed E-state index contributed by atoms with van der Waals surface area (Å²) in [7, 11) is 1.87. The Morgan fingerprint density at radius 1 is 1.67 bits per heavy atom. The van der Waals surface area contributed by atoms with Gasteiger partial charge in [0, 0.05) is 13.2 Å². The number of nitrogens with zero attached hydrogens (tertiary/aromatic N) is 2. The summed E-state index contributed by atoms with van der Waals surface area (Å²) in [4.78, 5) is 0. The van der Waals surface area contributed by atoms with E-state index in [1.54, 1.807) is 0 Å². The molecule has 0 saturated carbocycles. The molecule has 0 amide bonds. The quantitative estimate of drug-likeness (QED) is 0.505. The van der Waals surface area contributed by atoms with E-state index in [-0.39, 0.29) is 0 Å². The van der Waals surface area contributed by atoms with Gasteiger partial charge in [-0.15, -0.1) is 0 Å². The van der Waals surface area contributed by atoms with Crippen molar-refractivity contribution in [2.45, 2.75) is 6.92 Å². The minimum absolute atomic E-state index is 0.715. The largest absolute Gasteiger partial charge is 0.342 e. The molecule has 0 aliphatic heterocycles. The zero-order chi connectivity index (χ0) is 6.85. The molecule has 0 unspecified atom stereocenters. The fraction of sp³-hybridized carbons (Fsp3) is 0.286. The van der Waals surface area contributed by atoms with Gasteiger partial charge in [-0.3, -0.25) is 0 Å². The van der Waals surface area contributed by atoms with Crippen molar-refractivity contribution in [2.75, 3.05) is 0 Å². The number of rotatable bonds is 0. The SMILES string of the molecule is Cc1cc(C#N)n(C)c1. The van der Waals surface area contributed by atoms with Gasteiger partial charge in [-0.25, -0.2) is 0 Å². The number of aromatic nitrogens is 1. The van der Waals surface area contributed by atoms with E-state index in [1.807, 2.05) is 30.8 Å². The summed E-state index contributed by atoms with van der Waals surface area (Å²) in [6, 6.07) is 3.94. The van der Waals surface area contributed by atoms with Crippen molar-refractivity contribution in [1.29, 1.82) is 5.26 Å². The number of nitriles is 1. The Morgan fingerprint density at radius 3 is 2.56 bits per heavy atom. The Morgan fingerprint density at radius 2 is 2.33 bits per heavy atom. The van der Waals surface area contributed by atoms with Crippen LogP contribution in [0.25, 0.3) is 0 Å². The molecule has 0 N–H and O–H groups in total. The maximum absolute atomic E-state index is 8.46. The van der Waals surface area contributed by atoms with E-state index in [1.165, 1.54) is 0 Å². The highest BCUT2D eigenvalue weighted by Crippen LogP contribution is 2.02. The third-order valence-electron chi connectivity index (χ3n) is 1.26. The Bertz CT molecular complexity index is 252. The van der Waals surface area contributed by atoms with Gasteiger partial charge in [-0.1, -0.05) is 0 Å². The highest BCUT2D eigenvalue weighted by Gasteiger charge is 1.95. The van der Waals surface area contributed by atoms with Crippen LogP contribution in [0, 0.1) is 18.3 Å². The van der Waals surface area contributed by atoms with Gasteiger partial charge >= 0.3 is 0 Å². The van der Waals surface area contributed by atoms with Crippen molar-refractivity contribution in [2.24, 2.45) is 7.05 Å². The van der Waals surface area contributed by atoms with Crippen LogP contribution in [0.2, 0.25) is 0 Å². The van der Waals surface area contributed by atoms with Crippen LogP contribution in [0.4, 0.5) is 0 Å². The molecule has 1 aromatic rings. The van der Waals surface area contributed by atoms with Crippen LogP contribution in [0.3, 0.4) is 0 Å². The summed E-state index contributed by atoms with van der Waals surface area (Å²) in [6.07, 6.45) is 1.93. The Kier molecular flexibility index (Phi) is 1.27. The first-order chi connectivity index (χ1) is 4.24. The van der Waals surface area contributed by atoms with Gasteiger partial charge in [-0.05, 0) is 18.6 Å². The van der Waals surface area contributed by atoms with E-state index in [9.17, 15) is 0 Å². The lowest BCUT2D eigenvalue weighted by atomic mass is 10.3. The van der Waals surface area contributed by atoms with Crippen LogP contribution < -0.4 is 0 Å². The second kappa shape index (κ2) is 1.94. The van der Waals surface area contributed by atoms with Gasteiger partial charge in [0.25, 0.3) is 0 Å². The van der Waals surface area contributed by atoms with E-state index in [0.29, 0.717) is 5.69 Å². The smallest absolute Gasteiger partial charge is 0.120 e. The van der Waals surface area contributed by atoms with Gasteiger partial charge in [0.1, 0.15) is 11.8 Å². The first-order valence-electron chi connectivity index (χ1n) is 2.77. The molecule has 0 atom stereocenters. The molecule has 46 valence electrons. The summed E-state index contributed by atoms with van der Waals surface area (Å²) in [6.45, 7) is 1.97. The lowest BCUT2D eigenvalue weighted by Gasteiger charge is -1.87. The molecule has 1 heterocycles. The fourth-order valence-corrected chi connectivity index (χ4v) is 0.841. The molecule has 9 heavy (non-hydrogen) atoms. The second-order valence-electron chi connectivity index (χ2n) is 2.13. The molecule has 0 aliphatic rings. The summed E-state index contributed by atoms with van der Waals surface area (Å²) in [5, 5.41) is 8.46. The summed E-state index contributed by atoms with van der Waals surface area (Å²) >= 11 is 0. The van der Waals surface area contributed by atoms with E-state index < -0.39 is 0 Å². The minimum atomic E-state index is 0.715. The van der Waals surface area contributed by atoms with Crippen LogP contribution in [-0.2, 0) is 7.05 Å². The van der Waals surface area contributed by atoms with Gasteiger partial charge in [-0.2, -0.15) is 5.26 Å². The van der Waals surface area contributed by atoms with Gasteiger partial charge in [0.2, 0.25) is 0 Å². The Labute approximate surface area is 54.3 Å². The molecule has 0 fully saturated rings. The van der Waals surface area contributed by atoms with Crippen molar-refractivity contribution in [3.8, 4) is 6.07 Å². The van der Waals surface area contributed by atoms with Crippen LogP contribution >= 0.6 is 0 Å². The molecule has 0 bridgehead atoms. The zero-order valence-corrected chi connectivity index (χ0v) is 5.55. The molecule has 0 saturated heterocycles. The number of aryl methyl sites for hydroxylation is 2. The van der Waals surface area contributed by atoms with E-state index in [4.69, 9.17) is 5.26 Å². The van der Waals surface area contributed by atoms with Gasteiger partial charge in [0.05, 0.1) is 0 Å². The summed E-state index contributed by atoms with van der Waals surface area (Å²) in [5.41, 5.74) is 1.85. The van der Waals surface area contributed by atoms with Crippen molar-refractivity contribution < 1.29 is 0 Å². The molecule has 0 aromatic carbocycles. The van der Waals surface area contributed by atoms with E-state index in [2.05, 4.69) is 6.07 Å². The molecule has 2 heteroatoms. The van der Waals surface area contributed by atoms with Crippen molar-refractivity contribution in [1.82, 2.24) is 4.57 Å². The first kappa shape index (κ1) is 5.90. The van der Waals surface area contributed by atoms with E-state index >= 15 is 0 Å². The van der Waals surface area contributed by atoms with Crippen LogP contribution in [-0.4, -0.2) is 4.57 Å². The maximum atomic E-state index is 8.46. The number of hydrogen-bond acceptors (Lipinski definition) is 1. The molecule has 1 rings (SSSR count). The molecule has 2 nitrogen and oxygen atoms in total. The molecule has 1 aromatic heterocycles. The van der Waals surface area contributed by atoms with Crippen molar-refractivity contribution in [3.63, 3.8) is 0 Å².